The van der Waals surface area contributed by atoms with Gasteiger partial charge in [0.2, 0.25) is 0 Å². The van der Waals surface area contributed by atoms with E-state index < -0.39 is 7.44 Å². The molecule has 1 fully saturated rings. The van der Waals surface area contributed by atoms with Gasteiger partial charge in [0.15, 0.2) is 0 Å². The van der Waals surface area contributed by atoms with Crippen LogP contribution >= 0.6 is 7.44 Å². The van der Waals surface area contributed by atoms with Crippen molar-refractivity contribution in [3.63, 3.8) is 0 Å². The molecule has 0 amide bonds. The van der Waals surface area contributed by atoms with E-state index in [0.29, 0.717) is 0 Å². The Balaban J connectivity index is 0. The van der Waals surface area contributed by atoms with Crippen molar-refractivity contribution in [2.45, 2.75) is 25.9 Å². The second-order valence-corrected chi connectivity index (χ2v) is 5.54. The molecule has 0 radical (unpaired) electrons. The first-order valence-electron chi connectivity index (χ1n) is 3.63. The average molecular weight is 331 g/mol. The van der Waals surface area contributed by atoms with Crippen molar-refractivity contribution >= 4 is 7.44 Å². The molecule has 0 saturated carbocycles. The van der Waals surface area contributed by atoms with Gasteiger partial charge in [0.05, 0.1) is 0 Å². The van der Waals surface area contributed by atoms with E-state index in [0.717, 1.165) is 19.5 Å². The molecule has 1 saturated heterocycles. The van der Waals surface area contributed by atoms with Gasteiger partial charge in [0.25, 0.3) is 0 Å². The second kappa shape index (κ2) is 8.86. The van der Waals surface area contributed by atoms with E-state index >= 15 is 0 Å². The molecule has 0 spiro atoms. The fraction of sp³-hybridized carbons (Fsp3) is 1.00. The molecule has 0 aromatic rings. The molecule has 60 valence electrons. The molecule has 0 bridgehead atoms. The van der Waals surface area contributed by atoms with Crippen molar-refractivity contribution in [1.29, 1.82) is 0 Å². The first-order chi connectivity index (χ1) is 4.65. The van der Waals surface area contributed by atoms with Crippen LogP contribution in [0, 0.1) is 0 Å². The Kier molecular flexibility index (Phi) is 13.4. The van der Waals surface area contributed by atoms with Crippen LogP contribution in [-0.4, -0.2) is 18.7 Å². The zero-order valence-corrected chi connectivity index (χ0v) is 19.2. The van der Waals surface area contributed by atoms with Gasteiger partial charge in [-0.25, -0.2) is 0 Å². The maximum absolute atomic E-state index is 11.6. The summed E-state index contributed by atoms with van der Waals surface area (Å²) in [5, 5.41) is 8.10. The third-order valence-corrected chi connectivity index (χ3v) is 4.15. The van der Waals surface area contributed by atoms with Crippen LogP contribution in [0.4, 0.5) is 0 Å². The monoisotopic (exact) mass is 330 g/mol. The van der Waals surface area contributed by atoms with Crippen LogP contribution in [0.15, 0.2) is 0 Å². The summed E-state index contributed by atoms with van der Waals surface area (Å²) in [6.07, 6.45) is 0.969. The zero-order valence-electron chi connectivity index (χ0n) is 8.45. The Morgan fingerprint density at radius 3 is 1.83 bits per heavy atom. The van der Waals surface area contributed by atoms with Crippen LogP contribution in [0.25, 0.3) is 10.2 Å². The summed E-state index contributed by atoms with van der Waals surface area (Å²) >= 11 is 0. The number of hydrogen-bond donors (Lipinski definition) is 0. The van der Waals surface area contributed by atoms with E-state index in [2.05, 4.69) is 10.2 Å². The summed E-state index contributed by atoms with van der Waals surface area (Å²) < 4.78 is 11.6. The normalized spacial score (nSPS) is 20.9. The largest absolute Gasteiger partial charge is 1.00 e. The first-order valence-corrected chi connectivity index (χ1v) is 5.31. The van der Waals surface area contributed by atoms with Crippen molar-refractivity contribution < 1.29 is 121 Å². The molecule has 0 N–H and O–H groups in total. The van der Waals surface area contributed by atoms with Crippen LogP contribution in [0.1, 0.15) is 20.3 Å². The van der Waals surface area contributed by atoms with E-state index in [9.17, 15) is 4.57 Å². The predicted octanol–water partition coefficient (Wildman–Crippen LogP) is -3.25. The van der Waals surface area contributed by atoms with Crippen molar-refractivity contribution in [3.05, 3.63) is 10.2 Å². The van der Waals surface area contributed by atoms with E-state index in [1.165, 1.54) is 0 Å². The summed E-state index contributed by atoms with van der Waals surface area (Å²) in [6.45, 7) is 5.30. The van der Waals surface area contributed by atoms with E-state index in [1.54, 1.807) is 0 Å². The van der Waals surface area contributed by atoms with Gasteiger partial charge in [-0.3, -0.25) is 0 Å². The van der Waals surface area contributed by atoms with Crippen LogP contribution in [0.5, 0.6) is 0 Å². The molecule has 0 atom stereocenters. The van der Waals surface area contributed by atoms with E-state index in [4.69, 9.17) is 0 Å². The fourth-order valence-electron chi connectivity index (χ4n) is 0.870. The quantitative estimate of drug-likeness (QED) is 0.466. The van der Waals surface area contributed by atoms with Gasteiger partial charge in [-0.15, -0.1) is 13.1 Å². The Bertz CT molecular complexity index is 156. The Labute approximate surface area is 173 Å². The van der Waals surface area contributed by atoms with Gasteiger partial charge >= 0.3 is 116 Å². The molecular weight excluding hydrogens is 318 g/mol. The maximum Gasteiger partial charge on any atom is 1.00 e. The van der Waals surface area contributed by atoms with Crippen LogP contribution in [0.2, 0.25) is 0 Å². The minimum absolute atomic E-state index is 0. The van der Waals surface area contributed by atoms with Crippen molar-refractivity contribution in [2.24, 2.45) is 0 Å². The predicted molar refractivity (Wildman–Crippen MR) is 43.8 cm³/mol. The molecule has 3 nitrogen and oxygen atoms in total. The van der Waals surface area contributed by atoms with Crippen LogP contribution < -0.4 is 116 Å². The maximum atomic E-state index is 11.6. The standard InChI is InChI=1S/C6H13N2OP.2Rb/c1-6(2)10(9)7-4-3-5-8-10;;/h6H,3-5H2,1-2H3;;/q-2;2*+1. The minimum atomic E-state index is -2.44. The Hall–Kier alpha value is 3.76. The SMILES string of the molecule is CC(C)P1(=O)[N-]CCC[N-]1.[Rb+].[Rb+]. The van der Waals surface area contributed by atoms with Crippen molar-refractivity contribution in [1.82, 2.24) is 0 Å². The van der Waals surface area contributed by atoms with Gasteiger partial charge in [0, 0.05) is 0 Å². The third kappa shape index (κ3) is 5.74. The molecule has 0 aliphatic carbocycles. The smallest absolute Gasteiger partial charge is 0.619 e. The number of rotatable bonds is 1. The molecule has 0 unspecified atom stereocenters. The molecule has 1 aliphatic rings. The molecule has 6 heteroatoms. The molecular formula is C6H13N2OPRb2. The van der Waals surface area contributed by atoms with Gasteiger partial charge in [0.1, 0.15) is 0 Å². The number of hydrogen-bond acceptors (Lipinski definition) is 1. The van der Waals surface area contributed by atoms with Gasteiger partial charge < -0.3 is 14.7 Å². The van der Waals surface area contributed by atoms with Crippen molar-refractivity contribution in [3.8, 4) is 0 Å². The van der Waals surface area contributed by atoms with Gasteiger partial charge in [-0.05, 0) is 5.66 Å². The van der Waals surface area contributed by atoms with Gasteiger partial charge in [-0.1, -0.05) is 27.7 Å². The van der Waals surface area contributed by atoms with E-state index in [-0.39, 0.29) is 122 Å². The summed E-state index contributed by atoms with van der Waals surface area (Å²) in [4.78, 5) is 0. The molecule has 0 aromatic heterocycles. The third-order valence-electron chi connectivity index (χ3n) is 1.59. The zero-order chi connectivity index (χ0) is 7.61. The minimum Gasteiger partial charge on any atom is -0.619 e. The summed E-state index contributed by atoms with van der Waals surface area (Å²) in [5.74, 6) is 0. The summed E-state index contributed by atoms with van der Waals surface area (Å²) in [6, 6.07) is 0. The molecule has 1 heterocycles. The average Bonchev–Trinajstić information content (AvgIpc) is 1.89. The molecule has 12 heavy (non-hydrogen) atoms. The van der Waals surface area contributed by atoms with Crippen LogP contribution in [-0.2, 0) is 4.57 Å². The Morgan fingerprint density at radius 1 is 1.17 bits per heavy atom. The second-order valence-electron chi connectivity index (χ2n) is 2.77. The first kappa shape index (κ1) is 18.1. The van der Waals surface area contributed by atoms with Crippen molar-refractivity contribution in [2.75, 3.05) is 13.1 Å². The van der Waals surface area contributed by atoms with Crippen LogP contribution in [0.3, 0.4) is 0 Å². The molecule has 0 aromatic carbocycles. The van der Waals surface area contributed by atoms with E-state index in [1.807, 2.05) is 13.8 Å². The Morgan fingerprint density at radius 2 is 1.58 bits per heavy atom. The topological polar surface area (TPSA) is 45.3 Å². The summed E-state index contributed by atoms with van der Waals surface area (Å²) in [7, 11) is -2.44. The molecule has 1 rings (SSSR count). The molecule has 1 aliphatic heterocycles. The van der Waals surface area contributed by atoms with Gasteiger partial charge in [-0.2, -0.15) is 0 Å². The summed E-state index contributed by atoms with van der Waals surface area (Å²) in [5.41, 5.74) is 0.104. The fourth-order valence-corrected chi connectivity index (χ4v) is 2.47. The number of nitrogens with zero attached hydrogens (tertiary/aromatic N) is 2.